The van der Waals surface area contributed by atoms with Crippen LogP contribution in [-0.2, 0) is 0 Å². The van der Waals surface area contributed by atoms with Crippen LogP contribution in [0.4, 0.5) is 0 Å². The lowest BCUT2D eigenvalue weighted by atomic mass is 9.91. The van der Waals surface area contributed by atoms with E-state index in [0.29, 0.717) is 0 Å². The molecule has 3 rings (SSSR count). The Morgan fingerprint density at radius 1 is 0.900 bits per heavy atom. The molecule has 0 aliphatic rings. The zero-order valence-corrected chi connectivity index (χ0v) is 18.7. The molecule has 0 saturated carbocycles. The van der Waals surface area contributed by atoms with E-state index < -0.39 is 0 Å². The predicted molar refractivity (Wildman–Crippen MR) is 134 cm³/mol. The molecule has 0 bridgehead atoms. The average Bonchev–Trinajstić information content (AvgIpc) is 2.78. The van der Waals surface area contributed by atoms with Crippen LogP contribution in [0.3, 0.4) is 0 Å². The summed E-state index contributed by atoms with van der Waals surface area (Å²) in [6.07, 6.45) is 4.31. The highest BCUT2D eigenvalue weighted by Crippen LogP contribution is 2.33. The van der Waals surface area contributed by atoms with Gasteiger partial charge in [0.1, 0.15) is 0 Å². The van der Waals surface area contributed by atoms with Gasteiger partial charge >= 0.3 is 0 Å². The molecule has 0 radical (unpaired) electrons. The van der Waals surface area contributed by atoms with Gasteiger partial charge in [-0.1, -0.05) is 96.9 Å². The second kappa shape index (κ2) is 11.3. The molecule has 0 aromatic heterocycles. The van der Waals surface area contributed by atoms with Gasteiger partial charge in [-0.2, -0.15) is 0 Å². The molecule has 1 unspecified atom stereocenters. The summed E-state index contributed by atoms with van der Waals surface area (Å²) in [4.78, 5) is 1.26. The Morgan fingerprint density at radius 3 is 2.27 bits per heavy atom. The molecular weight excluding hydrogens is 380 g/mol. The minimum Gasteiger partial charge on any atom is -0.122 e. The second-order valence-corrected chi connectivity index (χ2v) is 8.13. The number of hydrogen-bond acceptors (Lipinski definition) is 1. The summed E-state index contributed by atoms with van der Waals surface area (Å²) in [5.74, 6) is 7.62. The summed E-state index contributed by atoms with van der Waals surface area (Å²) >= 11 is 1.86. The van der Waals surface area contributed by atoms with E-state index in [9.17, 15) is 0 Å². The molecule has 3 aromatic carbocycles. The monoisotopic (exact) mass is 408 g/mol. The van der Waals surface area contributed by atoms with Crippen molar-refractivity contribution in [1.82, 2.24) is 0 Å². The van der Waals surface area contributed by atoms with Crippen molar-refractivity contribution in [2.24, 2.45) is 0 Å². The lowest BCUT2D eigenvalue weighted by molar-refractivity contribution is 1.02. The Balaban J connectivity index is 2.34. The summed E-state index contributed by atoms with van der Waals surface area (Å²) in [7, 11) is 0. The normalized spacial score (nSPS) is 11.6. The van der Waals surface area contributed by atoms with Crippen molar-refractivity contribution in [2.75, 3.05) is 5.75 Å². The molecule has 150 valence electrons. The summed E-state index contributed by atoms with van der Waals surface area (Å²) < 4.78 is 0. The Hall–Kier alpha value is -2.95. The second-order valence-electron chi connectivity index (χ2n) is 7.07. The SMILES string of the molecule is CC#CC(c1ccccc1)c1cc(C)c2ccccc2ccccc1SC/C=C\C. The van der Waals surface area contributed by atoms with Crippen LogP contribution in [-0.4, -0.2) is 5.75 Å². The van der Waals surface area contributed by atoms with E-state index in [0.717, 1.165) is 5.75 Å². The van der Waals surface area contributed by atoms with Gasteiger partial charge in [0, 0.05) is 10.6 Å². The quantitative estimate of drug-likeness (QED) is 0.233. The third-order valence-corrected chi connectivity index (χ3v) is 6.02. The number of aryl methyl sites for hydroxylation is 1. The van der Waals surface area contributed by atoms with Crippen LogP contribution >= 0.6 is 11.8 Å². The van der Waals surface area contributed by atoms with E-state index in [2.05, 4.69) is 123 Å². The highest BCUT2D eigenvalue weighted by molar-refractivity contribution is 7.99. The zero-order valence-electron chi connectivity index (χ0n) is 17.9. The van der Waals surface area contributed by atoms with E-state index in [1.165, 1.54) is 32.4 Å². The summed E-state index contributed by atoms with van der Waals surface area (Å²) in [6.45, 7) is 6.19. The van der Waals surface area contributed by atoms with Crippen molar-refractivity contribution < 1.29 is 0 Å². The number of hydrogen-bond donors (Lipinski definition) is 0. The Kier molecular flexibility index (Phi) is 8.19. The van der Waals surface area contributed by atoms with Crippen LogP contribution in [0, 0.1) is 18.8 Å². The van der Waals surface area contributed by atoms with Gasteiger partial charge in [0.05, 0.1) is 5.92 Å². The summed E-state index contributed by atoms with van der Waals surface area (Å²) in [6, 6.07) is 30.2. The Labute approximate surface area is 185 Å². The van der Waals surface area contributed by atoms with Gasteiger partial charge in [0.25, 0.3) is 0 Å². The molecule has 0 aliphatic heterocycles. The van der Waals surface area contributed by atoms with Crippen LogP contribution in [0.5, 0.6) is 0 Å². The van der Waals surface area contributed by atoms with E-state index in [-0.39, 0.29) is 5.92 Å². The Bertz CT molecular complexity index is 1130. The maximum absolute atomic E-state index is 3.48. The first kappa shape index (κ1) is 21.8. The van der Waals surface area contributed by atoms with E-state index >= 15 is 0 Å². The van der Waals surface area contributed by atoms with Crippen LogP contribution in [0.25, 0.3) is 10.8 Å². The number of allylic oxidation sites excluding steroid dienone is 1. The summed E-state index contributed by atoms with van der Waals surface area (Å²) in [5, 5.41) is 2.49. The number of rotatable bonds is 5. The molecule has 0 spiro atoms. The van der Waals surface area contributed by atoms with Crippen LogP contribution in [0.1, 0.15) is 36.5 Å². The fourth-order valence-corrected chi connectivity index (χ4v) is 4.49. The first-order valence-electron chi connectivity index (χ1n) is 10.3. The molecule has 0 fully saturated rings. The van der Waals surface area contributed by atoms with Crippen molar-refractivity contribution in [3.05, 3.63) is 114 Å². The molecule has 0 nitrogen and oxygen atoms in total. The number of fused-ring (bicyclic) bond motifs is 1. The zero-order chi connectivity index (χ0) is 21.2. The number of benzene rings is 2. The molecule has 0 heterocycles. The van der Waals surface area contributed by atoms with E-state index in [1.807, 2.05) is 18.7 Å². The summed E-state index contributed by atoms with van der Waals surface area (Å²) in [5.41, 5.74) is 3.73. The van der Waals surface area contributed by atoms with Gasteiger partial charge in [-0.15, -0.1) is 17.7 Å². The molecular formula is C29H28S. The molecule has 1 atom stereocenters. The van der Waals surface area contributed by atoms with Crippen molar-refractivity contribution >= 4 is 22.5 Å². The standard InChI is InChI=1S/C29H28S/c1-4-6-21-30-29-20-13-11-18-24-17-10-12-19-26(24)23(3)22-28(29)27(14-5-2)25-15-8-7-9-16-25/h4,6-13,15-20,22,27H,21H2,1-3H3/b6-4-,13-11?,18-11?,20-13?,23-22?,24-18?,26-23?,28-22?,29-20?,29-28?. The van der Waals surface area contributed by atoms with Crippen LogP contribution in [0.15, 0.2) is 102 Å². The third kappa shape index (κ3) is 5.56. The van der Waals surface area contributed by atoms with Gasteiger partial charge in [-0.05, 0) is 54.3 Å². The molecule has 3 aromatic rings. The van der Waals surface area contributed by atoms with Crippen LogP contribution in [0.2, 0.25) is 0 Å². The van der Waals surface area contributed by atoms with Gasteiger partial charge in [0.15, 0.2) is 0 Å². The van der Waals surface area contributed by atoms with Gasteiger partial charge in [-0.25, -0.2) is 0 Å². The Morgan fingerprint density at radius 2 is 1.57 bits per heavy atom. The molecule has 30 heavy (non-hydrogen) atoms. The van der Waals surface area contributed by atoms with Crippen molar-refractivity contribution in [3.63, 3.8) is 0 Å². The van der Waals surface area contributed by atoms with Gasteiger partial charge in [0.2, 0.25) is 0 Å². The smallest absolute Gasteiger partial charge is 0.0712 e. The molecule has 1 heteroatoms. The molecule has 0 amide bonds. The average molecular weight is 409 g/mol. The maximum atomic E-state index is 3.48. The van der Waals surface area contributed by atoms with Crippen molar-refractivity contribution in [3.8, 4) is 11.8 Å². The highest BCUT2D eigenvalue weighted by atomic mass is 32.2. The minimum absolute atomic E-state index is 0.0273. The molecule has 0 N–H and O–H groups in total. The fourth-order valence-electron chi connectivity index (χ4n) is 3.50. The lowest BCUT2D eigenvalue weighted by Gasteiger charge is -2.16. The molecule has 0 aliphatic carbocycles. The van der Waals surface area contributed by atoms with E-state index in [4.69, 9.17) is 0 Å². The highest BCUT2D eigenvalue weighted by Gasteiger charge is 2.15. The van der Waals surface area contributed by atoms with Crippen molar-refractivity contribution in [2.45, 2.75) is 31.6 Å². The fraction of sp³-hybridized carbons (Fsp3) is 0.172. The largest absolute Gasteiger partial charge is 0.122 e. The maximum Gasteiger partial charge on any atom is 0.0712 e. The van der Waals surface area contributed by atoms with Crippen molar-refractivity contribution in [1.29, 1.82) is 0 Å². The lowest BCUT2D eigenvalue weighted by Crippen LogP contribution is -2.00. The first-order chi connectivity index (χ1) is 14.7. The van der Waals surface area contributed by atoms with Gasteiger partial charge in [-0.3, -0.25) is 0 Å². The van der Waals surface area contributed by atoms with Crippen LogP contribution < -0.4 is 0 Å². The van der Waals surface area contributed by atoms with E-state index in [1.54, 1.807) is 0 Å². The third-order valence-electron chi connectivity index (χ3n) is 4.98. The number of thioether (sulfide) groups is 1. The predicted octanol–water partition coefficient (Wildman–Crippen LogP) is 8.10. The molecule has 0 saturated heterocycles. The minimum atomic E-state index is 0.0273. The first-order valence-corrected chi connectivity index (χ1v) is 11.3. The topological polar surface area (TPSA) is 0 Å². The van der Waals surface area contributed by atoms with Gasteiger partial charge < -0.3 is 0 Å².